The van der Waals surface area contributed by atoms with Crippen molar-refractivity contribution in [2.75, 3.05) is 5.06 Å². The van der Waals surface area contributed by atoms with Crippen LogP contribution < -0.4 is 5.06 Å². The predicted molar refractivity (Wildman–Crippen MR) is 91.0 cm³/mol. The molecule has 0 unspecified atom stereocenters. The molecule has 0 radical (unpaired) electrons. The molecule has 4 rings (SSSR count). The van der Waals surface area contributed by atoms with Crippen LogP contribution in [-0.2, 0) is 4.84 Å². The van der Waals surface area contributed by atoms with Crippen LogP contribution in [0.25, 0.3) is 0 Å². The third-order valence-corrected chi connectivity index (χ3v) is 5.26. The van der Waals surface area contributed by atoms with Crippen molar-refractivity contribution in [3.63, 3.8) is 0 Å². The highest BCUT2D eigenvalue weighted by molar-refractivity contribution is 6.31. The molecule has 0 saturated carbocycles. The molecule has 118 valence electrons. The van der Waals surface area contributed by atoms with Crippen LogP contribution in [0.4, 0.5) is 5.69 Å². The van der Waals surface area contributed by atoms with Crippen LogP contribution in [0.3, 0.4) is 0 Å². The number of hydrogen-bond donors (Lipinski definition) is 0. The second-order valence-electron chi connectivity index (χ2n) is 6.97. The van der Waals surface area contributed by atoms with Gasteiger partial charge < -0.3 is 0 Å². The number of fused-ring (bicyclic) bond motifs is 3. The number of rotatable bonds is 1. The fourth-order valence-electron chi connectivity index (χ4n) is 4.21. The number of halogens is 1. The summed E-state index contributed by atoms with van der Waals surface area (Å²) >= 11 is 6.12. The number of anilines is 1. The van der Waals surface area contributed by atoms with E-state index in [2.05, 4.69) is 0 Å². The van der Waals surface area contributed by atoms with Crippen molar-refractivity contribution in [2.45, 2.75) is 37.8 Å². The molecular weight excluding hydrogens is 310 g/mol. The van der Waals surface area contributed by atoms with Gasteiger partial charge in [0.1, 0.15) is 11.1 Å². The summed E-state index contributed by atoms with van der Waals surface area (Å²) in [6.45, 7) is 6.04. The zero-order chi connectivity index (χ0) is 16.4. The highest BCUT2D eigenvalue weighted by Gasteiger charge is 2.65. The fourth-order valence-corrected chi connectivity index (χ4v) is 4.38. The molecular formula is C19H18ClNO2. The van der Waals surface area contributed by atoms with Crippen LogP contribution in [0.2, 0.25) is 5.02 Å². The minimum absolute atomic E-state index is 0.0463. The summed E-state index contributed by atoms with van der Waals surface area (Å²) in [5.74, 6) is 0.0180. The van der Waals surface area contributed by atoms with Crippen LogP contribution in [0.5, 0.6) is 0 Å². The molecule has 2 aromatic rings. The Bertz CT molecular complexity index is 802. The smallest absolute Gasteiger partial charge is 0.191 e. The maximum absolute atomic E-state index is 13.2. The summed E-state index contributed by atoms with van der Waals surface area (Å²) in [7, 11) is 0. The van der Waals surface area contributed by atoms with Crippen LogP contribution in [0.15, 0.2) is 48.5 Å². The number of para-hydroxylation sites is 1. The van der Waals surface area contributed by atoms with E-state index in [9.17, 15) is 4.79 Å². The van der Waals surface area contributed by atoms with Gasteiger partial charge in [-0.2, -0.15) is 0 Å². The molecule has 1 saturated heterocycles. The summed E-state index contributed by atoms with van der Waals surface area (Å²) in [4.78, 5) is 19.5. The molecule has 0 spiro atoms. The first-order valence-corrected chi connectivity index (χ1v) is 8.12. The third kappa shape index (κ3) is 1.84. The molecule has 23 heavy (non-hydrogen) atoms. The molecule has 0 bridgehead atoms. The Morgan fingerprint density at radius 2 is 1.78 bits per heavy atom. The first kappa shape index (κ1) is 14.7. The molecule has 1 heterocycles. The van der Waals surface area contributed by atoms with Crippen LogP contribution in [-0.4, -0.2) is 16.9 Å². The molecule has 4 heteroatoms. The number of ketones is 1. The topological polar surface area (TPSA) is 29.5 Å². The SMILES string of the molecule is CC1(C)ON(c2ccccc2)[C@]2(C)C(=O)c3cc(Cl)ccc3[C@H]12. The molecule has 1 fully saturated rings. The summed E-state index contributed by atoms with van der Waals surface area (Å²) in [5, 5.41) is 2.37. The molecule has 2 atom stereocenters. The third-order valence-electron chi connectivity index (χ3n) is 5.03. The van der Waals surface area contributed by atoms with Gasteiger partial charge in [-0.3, -0.25) is 9.63 Å². The number of hydroxylamine groups is 1. The van der Waals surface area contributed by atoms with Gasteiger partial charge in [-0.25, -0.2) is 5.06 Å². The van der Waals surface area contributed by atoms with E-state index < -0.39 is 11.1 Å². The lowest BCUT2D eigenvalue weighted by molar-refractivity contribution is 0.00610. The van der Waals surface area contributed by atoms with Gasteiger partial charge in [-0.1, -0.05) is 35.9 Å². The highest BCUT2D eigenvalue weighted by atomic mass is 35.5. The maximum atomic E-state index is 13.2. The number of carbonyl (C=O) groups is 1. The molecule has 2 aliphatic rings. The lowest BCUT2D eigenvalue weighted by Gasteiger charge is -2.32. The molecule has 1 aliphatic heterocycles. The second-order valence-corrected chi connectivity index (χ2v) is 7.40. The molecule has 2 aromatic carbocycles. The largest absolute Gasteiger partial charge is 0.291 e. The van der Waals surface area contributed by atoms with Gasteiger partial charge in [0.15, 0.2) is 5.78 Å². The van der Waals surface area contributed by atoms with E-state index in [1.165, 1.54) is 0 Å². The Morgan fingerprint density at radius 3 is 2.48 bits per heavy atom. The van der Waals surface area contributed by atoms with Crippen LogP contribution in [0, 0.1) is 0 Å². The Hall–Kier alpha value is -1.84. The number of hydrogen-bond acceptors (Lipinski definition) is 3. The zero-order valence-corrected chi connectivity index (χ0v) is 14.1. The van der Waals surface area contributed by atoms with Crippen molar-refractivity contribution in [1.82, 2.24) is 0 Å². The monoisotopic (exact) mass is 327 g/mol. The highest BCUT2D eigenvalue weighted by Crippen LogP contribution is 2.57. The van der Waals surface area contributed by atoms with E-state index in [0.29, 0.717) is 10.6 Å². The van der Waals surface area contributed by atoms with Crippen molar-refractivity contribution in [1.29, 1.82) is 0 Å². The lowest BCUT2D eigenvalue weighted by Crippen LogP contribution is -2.47. The Kier molecular flexibility index (Phi) is 2.94. The van der Waals surface area contributed by atoms with E-state index >= 15 is 0 Å². The molecule has 0 amide bonds. The Morgan fingerprint density at radius 1 is 1.09 bits per heavy atom. The standard InChI is InChI=1S/C19H18ClNO2/c1-18(2)16-14-10-9-12(20)11-15(14)17(22)19(16,3)21(23-18)13-7-5-4-6-8-13/h4-11,16H,1-3H3/t16-,19+/m1/s1. The van der Waals surface area contributed by atoms with E-state index in [-0.39, 0.29) is 11.7 Å². The average molecular weight is 328 g/mol. The molecule has 0 aromatic heterocycles. The van der Waals surface area contributed by atoms with Gasteiger partial charge in [0.05, 0.1) is 5.69 Å². The summed E-state index contributed by atoms with van der Waals surface area (Å²) in [5.41, 5.74) is 1.36. The number of Topliss-reactive ketones (excluding diaryl/α,β-unsaturated/α-hetero) is 1. The zero-order valence-electron chi connectivity index (χ0n) is 13.3. The van der Waals surface area contributed by atoms with Crippen LogP contribution >= 0.6 is 11.6 Å². The predicted octanol–water partition coefficient (Wildman–Crippen LogP) is 4.61. The number of benzene rings is 2. The minimum Gasteiger partial charge on any atom is -0.291 e. The van der Waals surface area contributed by atoms with Crippen molar-refractivity contribution in [3.05, 3.63) is 64.7 Å². The molecule has 0 N–H and O–H groups in total. The van der Waals surface area contributed by atoms with E-state index in [4.69, 9.17) is 16.4 Å². The molecule has 3 nitrogen and oxygen atoms in total. The van der Waals surface area contributed by atoms with Gasteiger partial charge in [-0.05, 0) is 50.6 Å². The Balaban J connectivity index is 1.93. The maximum Gasteiger partial charge on any atom is 0.191 e. The minimum atomic E-state index is -0.766. The van der Waals surface area contributed by atoms with Gasteiger partial charge in [0, 0.05) is 16.5 Å². The van der Waals surface area contributed by atoms with Gasteiger partial charge in [0.2, 0.25) is 0 Å². The van der Waals surface area contributed by atoms with E-state index in [1.54, 1.807) is 11.1 Å². The summed E-state index contributed by atoms with van der Waals surface area (Å²) in [6, 6.07) is 15.4. The van der Waals surface area contributed by atoms with E-state index in [1.807, 2.05) is 63.2 Å². The van der Waals surface area contributed by atoms with Gasteiger partial charge >= 0.3 is 0 Å². The van der Waals surface area contributed by atoms with Crippen molar-refractivity contribution < 1.29 is 9.63 Å². The quantitative estimate of drug-likeness (QED) is 0.766. The molecule has 1 aliphatic carbocycles. The Labute approximate surface area is 140 Å². The van der Waals surface area contributed by atoms with Crippen LogP contribution in [0.1, 0.15) is 42.6 Å². The van der Waals surface area contributed by atoms with Gasteiger partial charge in [-0.15, -0.1) is 0 Å². The van der Waals surface area contributed by atoms with Gasteiger partial charge in [0.25, 0.3) is 0 Å². The summed E-state index contributed by atoms with van der Waals surface area (Å²) in [6.07, 6.45) is 0. The van der Waals surface area contributed by atoms with Crippen molar-refractivity contribution in [2.24, 2.45) is 0 Å². The number of carbonyl (C=O) groups excluding carboxylic acids is 1. The first-order valence-electron chi connectivity index (χ1n) is 7.74. The first-order chi connectivity index (χ1) is 10.9. The van der Waals surface area contributed by atoms with Crippen molar-refractivity contribution >= 4 is 23.1 Å². The van der Waals surface area contributed by atoms with E-state index in [0.717, 1.165) is 11.3 Å². The fraction of sp³-hybridized carbons (Fsp3) is 0.316. The number of nitrogens with zero attached hydrogens (tertiary/aromatic N) is 1. The average Bonchev–Trinajstić information content (AvgIpc) is 2.88. The summed E-state index contributed by atoms with van der Waals surface area (Å²) < 4.78 is 0. The van der Waals surface area contributed by atoms with Crippen molar-refractivity contribution in [3.8, 4) is 0 Å². The normalized spacial score (nSPS) is 27.9. The second kappa shape index (κ2) is 4.59. The lowest BCUT2D eigenvalue weighted by atomic mass is 9.76.